The fourth-order valence-electron chi connectivity index (χ4n) is 2.36. The van der Waals surface area contributed by atoms with E-state index in [0.29, 0.717) is 10.8 Å². The Bertz CT molecular complexity index is 456. The molecule has 0 saturated heterocycles. The van der Waals surface area contributed by atoms with Crippen LogP contribution in [0.25, 0.3) is 0 Å². The Labute approximate surface area is 103 Å². The number of rotatable bonds is 3. The Morgan fingerprint density at radius 2 is 1.76 bits per heavy atom. The van der Waals surface area contributed by atoms with E-state index in [-0.39, 0.29) is 6.04 Å². The van der Waals surface area contributed by atoms with E-state index in [1.54, 1.807) is 24.3 Å². The summed E-state index contributed by atoms with van der Waals surface area (Å²) in [5, 5.41) is 0. The van der Waals surface area contributed by atoms with E-state index in [1.807, 2.05) is 6.07 Å². The first-order valence-corrected chi connectivity index (χ1v) is 7.65. The van der Waals surface area contributed by atoms with E-state index in [4.69, 9.17) is 0 Å². The average Bonchev–Trinajstić information content (AvgIpc) is 2.33. The third kappa shape index (κ3) is 3.07. The molecule has 4 heteroatoms. The van der Waals surface area contributed by atoms with Gasteiger partial charge in [0, 0.05) is 6.04 Å². The molecule has 1 aromatic carbocycles. The summed E-state index contributed by atoms with van der Waals surface area (Å²) in [6.45, 7) is 2.12. The molecule has 1 aliphatic rings. The fraction of sp³-hybridized carbons (Fsp3) is 0.538. The molecule has 1 saturated carbocycles. The second kappa shape index (κ2) is 5.19. The number of hydrogen-bond donors (Lipinski definition) is 1. The molecule has 94 valence electrons. The maximum atomic E-state index is 12.1. The van der Waals surface area contributed by atoms with Crippen LogP contribution in [0.2, 0.25) is 0 Å². The lowest BCUT2D eigenvalue weighted by Gasteiger charge is -2.29. The first-order valence-electron chi connectivity index (χ1n) is 6.17. The van der Waals surface area contributed by atoms with Crippen LogP contribution in [-0.2, 0) is 10.0 Å². The third-order valence-electron chi connectivity index (χ3n) is 3.47. The van der Waals surface area contributed by atoms with Gasteiger partial charge in [0.05, 0.1) is 4.90 Å². The molecule has 0 heterocycles. The first kappa shape index (κ1) is 12.6. The standard InChI is InChI=1S/C13H19NO2S/c1-11-7-5-6-10-13(11)14-17(15,16)12-8-3-2-4-9-12/h2-4,8-9,11,13-14H,5-7,10H2,1H3/t11-,13+/m0/s1. The minimum atomic E-state index is -3.34. The molecule has 1 fully saturated rings. The van der Waals surface area contributed by atoms with Gasteiger partial charge in [0.25, 0.3) is 0 Å². The van der Waals surface area contributed by atoms with Gasteiger partial charge in [0.15, 0.2) is 0 Å². The predicted molar refractivity (Wildman–Crippen MR) is 68.2 cm³/mol. The Hall–Kier alpha value is -0.870. The lowest BCUT2D eigenvalue weighted by atomic mass is 9.87. The Balaban J connectivity index is 2.12. The molecule has 0 aromatic heterocycles. The fourth-order valence-corrected chi connectivity index (χ4v) is 3.76. The van der Waals surface area contributed by atoms with Crippen molar-refractivity contribution in [3.8, 4) is 0 Å². The summed E-state index contributed by atoms with van der Waals surface area (Å²) in [4.78, 5) is 0.359. The quantitative estimate of drug-likeness (QED) is 0.899. The van der Waals surface area contributed by atoms with Crippen molar-refractivity contribution in [1.82, 2.24) is 4.72 Å². The predicted octanol–water partition coefficient (Wildman–Crippen LogP) is 2.54. The van der Waals surface area contributed by atoms with Gasteiger partial charge in [-0.2, -0.15) is 0 Å². The van der Waals surface area contributed by atoms with Gasteiger partial charge in [-0.25, -0.2) is 13.1 Å². The van der Waals surface area contributed by atoms with E-state index in [0.717, 1.165) is 19.3 Å². The average molecular weight is 253 g/mol. The summed E-state index contributed by atoms with van der Waals surface area (Å²) in [6, 6.07) is 8.68. The Kier molecular flexibility index (Phi) is 3.84. The zero-order valence-corrected chi connectivity index (χ0v) is 10.9. The summed E-state index contributed by atoms with van der Waals surface area (Å²) in [5.74, 6) is 0.433. The van der Waals surface area contributed by atoms with Crippen molar-refractivity contribution in [3.05, 3.63) is 30.3 Å². The molecule has 1 N–H and O–H groups in total. The maximum Gasteiger partial charge on any atom is 0.240 e. The van der Waals surface area contributed by atoms with Crippen molar-refractivity contribution in [2.75, 3.05) is 0 Å². The molecule has 3 nitrogen and oxygen atoms in total. The molecular formula is C13H19NO2S. The van der Waals surface area contributed by atoms with Crippen LogP contribution >= 0.6 is 0 Å². The SMILES string of the molecule is C[C@H]1CCCC[C@H]1NS(=O)(=O)c1ccccc1. The summed E-state index contributed by atoms with van der Waals surface area (Å²) in [6.07, 6.45) is 4.40. The van der Waals surface area contributed by atoms with E-state index >= 15 is 0 Å². The smallest absolute Gasteiger partial charge is 0.208 e. The van der Waals surface area contributed by atoms with Crippen LogP contribution in [0.15, 0.2) is 35.2 Å². The second-order valence-electron chi connectivity index (χ2n) is 4.80. The second-order valence-corrected chi connectivity index (χ2v) is 6.52. The molecule has 0 unspecified atom stereocenters. The number of nitrogens with one attached hydrogen (secondary N) is 1. The van der Waals surface area contributed by atoms with Crippen molar-refractivity contribution >= 4 is 10.0 Å². The lowest BCUT2D eigenvalue weighted by Crippen LogP contribution is -2.40. The Morgan fingerprint density at radius 1 is 1.12 bits per heavy atom. The lowest BCUT2D eigenvalue weighted by molar-refractivity contribution is 0.310. The first-order chi connectivity index (χ1) is 8.09. The molecule has 2 atom stereocenters. The Morgan fingerprint density at radius 3 is 2.41 bits per heavy atom. The van der Waals surface area contributed by atoms with Crippen LogP contribution in [0.4, 0.5) is 0 Å². The van der Waals surface area contributed by atoms with Crippen LogP contribution in [0.3, 0.4) is 0 Å². The van der Waals surface area contributed by atoms with E-state index in [1.165, 1.54) is 6.42 Å². The van der Waals surface area contributed by atoms with E-state index in [9.17, 15) is 8.42 Å². The topological polar surface area (TPSA) is 46.2 Å². The largest absolute Gasteiger partial charge is 0.240 e. The molecule has 1 aliphatic carbocycles. The van der Waals surface area contributed by atoms with Crippen LogP contribution in [0.5, 0.6) is 0 Å². The number of hydrogen-bond acceptors (Lipinski definition) is 2. The number of benzene rings is 1. The summed E-state index contributed by atoms with van der Waals surface area (Å²) >= 11 is 0. The molecule has 0 radical (unpaired) electrons. The van der Waals surface area contributed by atoms with Crippen LogP contribution < -0.4 is 4.72 Å². The van der Waals surface area contributed by atoms with Gasteiger partial charge in [0.2, 0.25) is 10.0 Å². The normalized spacial score (nSPS) is 25.7. The van der Waals surface area contributed by atoms with Crippen molar-refractivity contribution in [1.29, 1.82) is 0 Å². The molecule has 0 aliphatic heterocycles. The van der Waals surface area contributed by atoms with Gasteiger partial charge in [-0.3, -0.25) is 0 Å². The maximum absolute atomic E-state index is 12.1. The highest BCUT2D eigenvalue weighted by atomic mass is 32.2. The molecular weight excluding hydrogens is 234 g/mol. The summed E-state index contributed by atoms with van der Waals surface area (Å²) < 4.78 is 27.1. The molecule has 1 aromatic rings. The molecule has 0 bridgehead atoms. The zero-order valence-electron chi connectivity index (χ0n) is 10.1. The minimum Gasteiger partial charge on any atom is -0.208 e. The molecule has 0 spiro atoms. The van der Waals surface area contributed by atoms with E-state index < -0.39 is 10.0 Å². The van der Waals surface area contributed by atoms with E-state index in [2.05, 4.69) is 11.6 Å². The van der Waals surface area contributed by atoms with Crippen LogP contribution in [0, 0.1) is 5.92 Å². The van der Waals surface area contributed by atoms with Crippen molar-refractivity contribution in [2.45, 2.75) is 43.5 Å². The van der Waals surface area contributed by atoms with Gasteiger partial charge in [-0.15, -0.1) is 0 Å². The zero-order chi connectivity index (χ0) is 12.3. The van der Waals surface area contributed by atoms with Crippen molar-refractivity contribution < 1.29 is 8.42 Å². The van der Waals surface area contributed by atoms with Crippen molar-refractivity contribution in [3.63, 3.8) is 0 Å². The highest BCUT2D eigenvalue weighted by Crippen LogP contribution is 2.25. The monoisotopic (exact) mass is 253 g/mol. The molecule has 17 heavy (non-hydrogen) atoms. The highest BCUT2D eigenvalue weighted by Gasteiger charge is 2.26. The number of sulfonamides is 1. The summed E-state index contributed by atoms with van der Waals surface area (Å²) in [7, 11) is -3.34. The summed E-state index contributed by atoms with van der Waals surface area (Å²) in [5.41, 5.74) is 0. The van der Waals surface area contributed by atoms with Crippen LogP contribution in [-0.4, -0.2) is 14.5 Å². The van der Waals surface area contributed by atoms with Gasteiger partial charge in [-0.05, 0) is 30.9 Å². The van der Waals surface area contributed by atoms with Crippen molar-refractivity contribution in [2.24, 2.45) is 5.92 Å². The van der Waals surface area contributed by atoms with Gasteiger partial charge in [-0.1, -0.05) is 38.0 Å². The minimum absolute atomic E-state index is 0.0916. The van der Waals surface area contributed by atoms with Gasteiger partial charge in [0.1, 0.15) is 0 Å². The van der Waals surface area contributed by atoms with Crippen LogP contribution in [0.1, 0.15) is 32.6 Å². The molecule has 0 amide bonds. The third-order valence-corrected chi connectivity index (χ3v) is 4.98. The highest BCUT2D eigenvalue weighted by molar-refractivity contribution is 7.89. The van der Waals surface area contributed by atoms with Gasteiger partial charge < -0.3 is 0 Å². The van der Waals surface area contributed by atoms with Gasteiger partial charge >= 0.3 is 0 Å². The molecule has 2 rings (SSSR count).